The van der Waals surface area contributed by atoms with Crippen molar-refractivity contribution in [3.05, 3.63) is 0 Å². The van der Waals surface area contributed by atoms with Gasteiger partial charge in [0.2, 0.25) is 15.9 Å². The Hall–Kier alpha value is -0.660. The first-order valence-electron chi connectivity index (χ1n) is 8.39. The molecule has 1 atom stereocenters. The van der Waals surface area contributed by atoms with E-state index in [1.54, 1.807) is 4.31 Å². The van der Waals surface area contributed by atoms with Crippen molar-refractivity contribution in [2.24, 2.45) is 5.92 Å². The molecular weight excluding hydrogens is 304 g/mol. The molecular formula is C15H24N2O4S. The number of sulfonamides is 1. The van der Waals surface area contributed by atoms with Gasteiger partial charge < -0.3 is 9.64 Å². The average molecular weight is 328 g/mol. The quantitative estimate of drug-likeness (QED) is 0.757. The maximum atomic E-state index is 12.2. The van der Waals surface area contributed by atoms with Crippen molar-refractivity contribution in [1.29, 1.82) is 0 Å². The van der Waals surface area contributed by atoms with Gasteiger partial charge in [0.15, 0.2) is 0 Å². The SMILES string of the molecule is O=C(CC1COC2(C1)CN(S(=O)(=O)C1CC1)C2)N1CCCC1. The number of amides is 1. The molecule has 4 fully saturated rings. The van der Waals surface area contributed by atoms with Crippen LogP contribution in [0.2, 0.25) is 0 Å². The second-order valence-electron chi connectivity index (χ2n) is 7.37. The highest BCUT2D eigenvalue weighted by atomic mass is 32.2. The van der Waals surface area contributed by atoms with Gasteiger partial charge >= 0.3 is 0 Å². The summed E-state index contributed by atoms with van der Waals surface area (Å²) < 4.78 is 31.8. The van der Waals surface area contributed by atoms with Crippen LogP contribution < -0.4 is 0 Å². The van der Waals surface area contributed by atoms with E-state index in [1.807, 2.05) is 4.90 Å². The van der Waals surface area contributed by atoms with E-state index >= 15 is 0 Å². The van der Waals surface area contributed by atoms with Crippen LogP contribution in [0.5, 0.6) is 0 Å². The van der Waals surface area contributed by atoms with Gasteiger partial charge in [-0.2, -0.15) is 4.31 Å². The van der Waals surface area contributed by atoms with Gasteiger partial charge in [-0.3, -0.25) is 4.79 Å². The minimum atomic E-state index is -3.07. The van der Waals surface area contributed by atoms with Gasteiger partial charge in [-0.05, 0) is 38.0 Å². The Morgan fingerprint density at radius 1 is 1.18 bits per heavy atom. The number of nitrogens with zero attached hydrogens (tertiary/aromatic N) is 2. The Morgan fingerprint density at radius 2 is 1.86 bits per heavy atom. The van der Waals surface area contributed by atoms with Gasteiger partial charge in [-0.15, -0.1) is 0 Å². The van der Waals surface area contributed by atoms with Gasteiger partial charge in [0.1, 0.15) is 0 Å². The second-order valence-corrected chi connectivity index (χ2v) is 9.58. The lowest BCUT2D eigenvalue weighted by Crippen LogP contribution is -2.63. The van der Waals surface area contributed by atoms with Crippen molar-refractivity contribution in [1.82, 2.24) is 9.21 Å². The number of ether oxygens (including phenoxy) is 1. The largest absolute Gasteiger partial charge is 0.372 e. The van der Waals surface area contributed by atoms with Crippen LogP contribution in [0, 0.1) is 5.92 Å². The molecule has 1 unspecified atom stereocenters. The number of hydrogen-bond donors (Lipinski definition) is 0. The van der Waals surface area contributed by atoms with E-state index < -0.39 is 10.0 Å². The zero-order valence-corrected chi connectivity index (χ0v) is 13.7. The fourth-order valence-electron chi connectivity index (χ4n) is 3.99. The summed E-state index contributed by atoms with van der Waals surface area (Å²) in [5, 5.41) is -0.140. The van der Waals surface area contributed by atoms with Crippen molar-refractivity contribution >= 4 is 15.9 Å². The molecule has 1 spiro atoms. The summed E-state index contributed by atoms with van der Waals surface area (Å²) in [5.74, 6) is 0.490. The van der Waals surface area contributed by atoms with Crippen LogP contribution in [0.3, 0.4) is 0 Å². The number of hydrogen-bond acceptors (Lipinski definition) is 4. The van der Waals surface area contributed by atoms with Crippen LogP contribution in [0.25, 0.3) is 0 Å². The molecule has 7 heteroatoms. The molecule has 1 saturated carbocycles. The fraction of sp³-hybridized carbons (Fsp3) is 0.933. The summed E-state index contributed by atoms with van der Waals surface area (Å²) in [7, 11) is -3.07. The first-order chi connectivity index (χ1) is 10.5. The fourth-order valence-corrected chi connectivity index (χ4v) is 5.97. The lowest BCUT2D eigenvalue weighted by Gasteiger charge is -2.46. The number of carbonyl (C=O) groups excluding carboxylic acids is 1. The highest BCUT2D eigenvalue weighted by Gasteiger charge is 2.56. The molecule has 1 amide bonds. The third-order valence-corrected chi connectivity index (χ3v) is 7.73. The molecule has 0 radical (unpaired) electrons. The van der Waals surface area contributed by atoms with E-state index in [0.717, 1.165) is 45.2 Å². The van der Waals surface area contributed by atoms with Crippen LogP contribution in [0.4, 0.5) is 0 Å². The zero-order chi connectivity index (χ0) is 15.4. The molecule has 0 aromatic rings. The number of likely N-dealkylation sites (tertiary alicyclic amines) is 1. The average Bonchev–Trinajstić information content (AvgIpc) is 3.00. The lowest BCUT2D eigenvalue weighted by molar-refractivity contribution is -0.131. The van der Waals surface area contributed by atoms with Crippen molar-refractivity contribution in [3.8, 4) is 0 Å². The molecule has 0 aromatic carbocycles. The van der Waals surface area contributed by atoms with Crippen LogP contribution in [-0.4, -0.2) is 67.2 Å². The van der Waals surface area contributed by atoms with Gasteiger partial charge in [0.25, 0.3) is 0 Å². The van der Waals surface area contributed by atoms with Crippen molar-refractivity contribution in [2.75, 3.05) is 32.8 Å². The number of carbonyl (C=O) groups is 1. The third kappa shape index (κ3) is 2.57. The molecule has 1 aliphatic carbocycles. The van der Waals surface area contributed by atoms with Crippen LogP contribution in [0.1, 0.15) is 38.5 Å². The normalized spacial score (nSPS) is 31.6. The first kappa shape index (κ1) is 14.9. The highest BCUT2D eigenvalue weighted by Crippen LogP contribution is 2.43. The lowest BCUT2D eigenvalue weighted by atomic mass is 9.87. The molecule has 0 N–H and O–H groups in total. The van der Waals surface area contributed by atoms with Crippen molar-refractivity contribution in [2.45, 2.75) is 49.4 Å². The summed E-state index contributed by atoms with van der Waals surface area (Å²) in [6, 6.07) is 0. The molecule has 3 heterocycles. The molecule has 3 aliphatic heterocycles. The van der Waals surface area contributed by atoms with Gasteiger partial charge in [0.05, 0.1) is 17.5 Å². The minimum absolute atomic E-state index is 0.140. The van der Waals surface area contributed by atoms with E-state index in [-0.39, 0.29) is 22.7 Å². The molecule has 4 aliphatic rings. The van der Waals surface area contributed by atoms with Gasteiger partial charge in [0, 0.05) is 32.6 Å². The molecule has 3 saturated heterocycles. The molecule has 22 heavy (non-hydrogen) atoms. The van der Waals surface area contributed by atoms with E-state index in [2.05, 4.69) is 0 Å². The van der Waals surface area contributed by atoms with Crippen LogP contribution in [-0.2, 0) is 19.6 Å². The summed E-state index contributed by atoms with van der Waals surface area (Å²) in [5.41, 5.74) is -0.308. The second kappa shape index (κ2) is 5.18. The van der Waals surface area contributed by atoms with E-state index in [9.17, 15) is 13.2 Å². The summed E-state index contributed by atoms with van der Waals surface area (Å²) in [4.78, 5) is 14.2. The maximum absolute atomic E-state index is 12.2. The number of rotatable bonds is 4. The summed E-state index contributed by atoms with van der Waals surface area (Å²) >= 11 is 0. The molecule has 4 rings (SSSR count). The Kier molecular flexibility index (Phi) is 3.51. The summed E-state index contributed by atoms with van der Waals surface area (Å²) in [6.45, 7) is 3.35. The van der Waals surface area contributed by atoms with Gasteiger partial charge in [-0.25, -0.2) is 8.42 Å². The topological polar surface area (TPSA) is 66.9 Å². The van der Waals surface area contributed by atoms with Gasteiger partial charge in [-0.1, -0.05) is 0 Å². The van der Waals surface area contributed by atoms with E-state index in [0.29, 0.717) is 26.1 Å². The summed E-state index contributed by atoms with van der Waals surface area (Å²) in [6.07, 6.45) is 5.22. The van der Waals surface area contributed by atoms with Crippen molar-refractivity contribution in [3.63, 3.8) is 0 Å². The molecule has 124 valence electrons. The Balaban J connectivity index is 1.29. The van der Waals surface area contributed by atoms with E-state index in [1.165, 1.54) is 0 Å². The van der Waals surface area contributed by atoms with Crippen LogP contribution >= 0.6 is 0 Å². The van der Waals surface area contributed by atoms with Crippen LogP contribution in [0.15, 0.2) is 0 Å². The molecule has 6 nitrogen and oxygen atoms in total. The molecule has 0 aromatic heterocycles. The zero-order valence-electron chi connectivity index (χ0n) is 12.9. The Bertz CT molecular complexity index is 560. The predicted molar refractivity (Wildman–Crippen MR) is 80.7 cm³/mol. The van der Waals surface area contributed by atoms with E-state index in [4.69, 9.17) is 4.74 Å². The maximum Gasteiger partial charge on any atom is 0.222 e. The third-order valence-electron chi connectivity index (χ3n) is 5.44. The predicted octanol–water partition coefficient (Wildman–Crippen LogP) is 0.582. The van der Waals surface area contributed by atoms with Crippen molar-refractivity contribution < 1.29 is 17.9 Å². The highest BCUT2D eigenvalue weighted by molar-refractivity contribution is 7.90. The standard InChI is InChI=1S/C15H24N2O4S/c18-14(16-5-1-2-6-16)7-12-8-15(21-9-12)10-17(11-15)22(19,20)13-3-4-13/h12-13H,1-11H2. The monoisotopic (exact) mass is 328 g/mol. The Labute approximate surface area is 131 Å². The molecule has 0 bridgehead atoms. The Morgan fingerprint density at radius 3 is 2.50 bits per heavy atom. The first-order valence-corrected chi connectivity index (χ1v) is 9.90. The smallest absolute Gasteiger partial charge is 0.222 e. The minimum Gasteiger partial charge on any atom is -0.372 e.